The Hall–Kier alpha value is -1.79. The van der Waals surface area contributed by atoms with Crippen LogP contribution in [0.5, 0.6) is 0 Å². The second kappa shape index (κ2) is 8.16. The fraction of sp³-hybridized carbons (Fsp3) is 0.769. The molecule has 0 aromatic carbocycles. The number of hydrogen-bond acceptors (Lipinski definition) is 2. The summed E-state index contributed by atoms with van der Waals surface area (Å²) in [5, 5.41) is 5.89. The van der Waals surface area contributed by atoms with Crippen molar-refractivity contribution in [3.63, 3.8) is 0 Å². The maximum Gasteiger partial charge on any atom is 0.414 e. The van der Waals surface area contributed by atoms with Crippen molar-refractivity contribution in [1.82, 2.24) is 10.6 Å². The molecular weight excluding hydrogens is 429 g/mol. The minimum atomic E-state index is -4.53. The van der Waals surface area contributed by atoms with Gasteiger partial charge in [-0.2, -0.15) is 13.2 Å². The van der Waals surface area contributed by atoms with E-state index in [1.165, 1.54) is 0 Å². The number of nitrogens with one attached hydrogen (secondary N) is 2. The summed E-state index contributed by atoms with van der Waals surface area (Å²) >= 11 is 0. The number of carbonyl (C=O) groups excluding carboxylic acids is 2. The van der Waals surface area contributed by atoms with Crippen LogP contribution in [-0.2, 0) is 9.59 Å². The predicted octanol–water partition coefficient (Wildman–Crippen LogP) is 5.16. The van der Waals surface area contributed by atoms with Crippen molar-refractivity contribution in [3.05, 3.63) is 24.3 Å². The fourth-order valence-corrected chi connectivity index (χ4v) is 7.85. The van der Waals surface area contributed by atoms with Gasteiger partial charge in [0.1, 0.15) is 0 Å². The minimum absolute atomic E-state index is 0.0191. The zero-order valence-electron chi connectivity index (χ0n) is 20.1. The van der Waals surface area contributed by atoms with Crippen LogP contribution in [0.2, 0.25) is 0 Å². The second-order valence-corrected chi connectivity index (χ2v) is 11.6. The maximum atomic E-state index is 13.4. The first-order valence-electron chi connectivity index (χ1n) is 12.3. The molecule has 0 saturated heterocycles. The van der Waals surface area contributed by atoms with Gasteiger partial charge < -0.3 is 10.6 Å². The van der Waals surface area contributed by atoms with Crippen molar-refractivity contribution < 1.29 is 22.8 Å². The summed E-state index contributed by atoms with van der Waals surface area (Å²) in [6.45, 7) is 11.1. The van der Waals surface area contributed by atoms with E-state index in [1.807, 2.05) is 0 Å². The van der Waals surface area contributed by atoms with Crippen molar-refractivity contribution in [2.75, 3.05) is 0 Å². The van der Waals surface area contributed by atoms with Gasteiger partial charge in [0.25, 0.3) is 0 Å². The molecule has 184 valence electrons. The van der Waals surface area contributed by atoms with Crippen molar-refractivity contribution in [2.24, 2.45) is 40.4 Å². The van der Waals surface area contributed by atoms with Crippen LogP contribution in [0.3, 0.4) is 0 Å². The van der Waals surface area contributed by atoms with Crippen molar-refractivity contribution >= 4 is 11.8 Å². The minimum Gasteiger partial charge on any atom is -0.349 e. The molecule has 3 unspecified atom stereocenters. The standard InChI is InChI=1S/C26H37F3N2O2/c1-14(2)22(15(3)26(27,28)29)31-23(33)19-8-7-17-16-6-9-20-25(5,13-11-21(32)30-20)18(16)10-12-24(17,19)4/h11,13-14,16-20,22H,3,6-10,12H2,1-2,4-5H3,(H,30,32)(H,31,33)/t16-,17-,18+,19?,20?,22?,24-,25+/m0/s1. The van der Waals surface area contributed by atoms with E-state index >= 15 is 0 Å². The fourth-order valence-electron chi connectivity index (χ4n) is 7.85. The SMILES string of the molecule is C=C(C(NC(=O)C1CC[C@H]2[C@@H]3CCC4NC(=O)C=C[C@]4(C)[C@@H]3CC[C@]12C)C(C)C)C(F)(F)F. The van der Waals surface area contributed by atoms with Gasteiger partial charge in [-0.15, -0.1) is 0 Å². The number of fused-ring (bicyclic) bond motifs is 5. The molecule has 2 amide bonds. The number of hydrogen-bond donors (Lipinski definition) is 2. The first-order valence-corrected chi connectivity index (χ1v) is 12.3. The maximum absolute atomic E-state index is 13.4. The molecule has 1 heterocycles. The van der Waals surface area contributed by atoms with Gasteiger partial charge in [0.05, 0.1) is 6.04 Å². The van der Waals surface area contributed by atoms with Crippen molar-refractivity contribution in [3.8, 4) is 0 Å². The highest BCUT2D eigenvalue weighted by Crippen LogP contribution is 2.65. The number of carbonyl (C=O) groups is 2. The van der Waals surface area contributed by atoms with Crippen molar-refractivity contribution in [2.45, 2.75) is 84.5 Å². The van der Waals surface area contributed by atoms with Gasteiger partial charge in [0.15, 0.2) is 0 Å². The lowest BCUT2D eigenvalue weighted by Gasteiger charge is -2.58. The van der Waals surface area contributed by atoms with Crippen LogP contribution in [0.4, 0.5) is 13.2 Å². The Labute approximate surface area is 194 Å². The summed E-state index contributed by atoms with van der Waals surface area (Å²) < 4.78 is 40.0. The van der Waals surface area contributed by atoms with Crippen LogP contribution >= 0.6 is 0 Å². The van der Waals surface area contributed by atoms with Crippen LogP contribution in [0.25, 0.3) is 0 Å². The molecule has 3 aliphatic carbocycles. The van der Waals surface area contributed by atoms with Crippen molar-refractivity contribution in [1.29, 1.82) is 0 Å². The zero-order valence-corrected chi connectivity index (χ0v) is 20.1. The third-order valence-corrected chi connectivity index (χ3v) is 9.71. The summed E-state index contributed by atoms with van der Waals surface area (Å²) in [5.74, 6) is 0.334. The molecule has 4 nitrogen and oxygen atoms in total. The van der Waals surface area contributed by atoms with Gasteiger partial charge in [-0.1, -0.05) is 40.3 Å². The molecule has 8 atom stereocenters. The normalized spacial score (nSPS) is 41.0. The molecule has 0 radical (unpaired) electrons. The average Bonchev–Trinajstić information content (AvgIpc) is 3.08. The van der Waals surface area contributed by atoms with Gasteiger partial charge >= 0.3 is 6.18 Å². The van der Waals surface area contributed by atoms with E-state index < -0.39 is 23.7 Å². The van der Waals surface area contributed by atoms with Crippen LogP contribution in [0.15, 0.2) is 24.3 Å². The number of halogens is 3. The lowest BCUT2D eigenvalue weighted by Crippen LogP contribution is -2.59. The van der Waals surface area contributed by atoms with Gasteiger partial charge in [-0.25, -0.2) is 0 Å². The van der Waals surface area contributed by atoms with Crippen LogP contribution in [0.1, 0.15) is 66.2 Å². The Bertz CT molecular complexity index is 866. The lowest BCUT2D eigenvalue weighted by molar-refractivity contribution is -0.135. The molecule has 3 saturated carbocycles. The summed E-state index contributed by atoms with van der Waals surface area (Å²) in [6.07, 6.45) is 4.68. The number of rotatable bonds is 4. The molecule has 3 fully saturated rings. The van der Waals surface area contributed by atoms with E-state index in [9.17, 15) is 22.8 Å². The third-order valence-electron chi connectivity index (χ3n) is 9.71. The van der Waals surface area contributed by atoms with Crippen LogP contribution in [-0.4, -0.2) is 30.1 Å². The zero-order chi connectivity index (χ0) is 24.3. The third kappa shape index (κ3) is 3.93. The quantitative estimate of drug-likeness (QED) is 0.563. The second-order valence-electron chi connectivity index (χ2n) is 11.6. The molecular formula is C26H37F3N2O2. The smallest absolute Gasteiger partial charge is 0.349 e. The van der Waals surface area contributed by atoms with E-state index in [2.05, 4.69) is 37.1 Å². The molecule has 4 rings (SSSR count). The Morgan fingerprint density at radius 1 is 1.15 bits per heavy atom. The van der Waals surface area contributed by atoms with Gasteiger partial charge in [-0.05, 0) is 73.7 Å². The number of amides is 2. The molecule has 33 heavy (non-hydrogen) atoms. The van der Waals surface area contributed by atoms with Crippen LogP contribution in [0, 0.1) is 40.4 Å². The summed E-state index contributed by atoms with van der Waals surface area (Å²) in [7, 11) is 0. The highest BCUT2D eigenvalue weighted by Gasteiger charge is 2.61. The Balaban J connectivity index is 1.53. The molecule has 2 N–H and O–H groups in total. The first-order chi connectivity index (χ1) is 15.3. The van der Waals surface area contributed by atoms with E-state index in [4.69, 9.17) is 0 Å². The van der Waals surface area contributed by atoms with Gasteiger partial charge in [0.2, 0.25) is 11.8 Å². The van der Waals surface area contributed by atoms with E-state index in [-0.39, 0.29) is 34.6 Å². The summed E-state index contributed by atoms with van der Waals surface area (Å²) in [4.78, 5) is 25.3. The van der Waals surface area contributed by atoms with E-state index in [0.717, 1.165) is 32.1 Å². The Morgan fingerprint density at radius 3 is 2.48 bits per heavy atom. The average molecular weight is 467 g/mol. The highest BCUT2D eigenvalue weighted by atomic mass is 19.4. The topological polar surface area (TPSA) is 58.2 Å². The summed E-state index contributed by atoms with van der Waals surface area (Å²) in [5.41, 5.74) is -1.17. The predicted molar refractivity (Wildman–Crippen MR) is 121 cm³/mol. The molecule has 0 aromatic rings. The van der Waals surface area contributed by atoms with Crippen LogP contribution < -0.4 is 10.6 Å². The summed E-state index contributed by atoms with van der Waals surface area (Å²) in [6, 6.07) is -0.955. The Kier molecular flexibility index (Phi) is 6.02. The number of alkyl halides is 3. The molecule has 0 bridgehead atoms. The highest BCUT2D eigenvalue weighted by molar-refractivity contribution is 5.89. The van der Waals surface area contributed by atoms with E-state index in [1.54, 1.807) is 19.9 Å². The lowest BCUT2D eigenvalue weighted by atomic mass is 9.48. The molecule has 1 aliphatic heterocycles. The molecule has 0 aromatic heterocycles. The monoisotopic (exact) mass is 466 g/mol. The largest absolute Gasteiger partial charge is 0.414 e. The molecule has 4 aliphatic rings. The molecule has 7 heteroatoms. The molecule has 0 spiro atoms. The van der Waals surface area contributed by atoms with Gasteiger partial charge in [0, 0.05) is 22.9 Å². The van der Waals surface area contributed by atoms with E-state index in [0.29, 0.717) is 24.2 Å². The van der Waals surface area contributed by atoms with Gasteiger partial charge in [-0.3, -0.25) is 9.59 Å². The first kappa shape index (κ1) is 24.3. The Morgan fingerprint density at radius 2 is 1.85 bits per heavy atom.